The maximum absolute atomic E-state index is 12.6. The van der Waals surface area contributed by atoms with E-state index in [1.807, 2.05) is 6.07 Å². The van der Waals surface area contributed by atoms with E-state index < -0.39 is 5.97 Å². The fourth-order valence-corrected chi connectivity index (χ4v) is 2.53. The van der Waals surface area contributed by atoms with Gasteiger partial charge in [0.1, 0.15) is 11.5 Å². The number of methoxy groups -OCH3 is 1. The van der Waals surface area contributed by atoms with Gasteiger partial charge in [-0.3, -0.25) is 4.79 Å². The topological polar surface area (TPSA) is 65.7 Å². The first-order valence-electron chi connectivity index (χ1n) is 7.99. The fraction of sp³-hybridized carbons (Fsp3) is 0.0476. The SMILES string of the molecule is COc1ccc(C(=O)C=Cc2ccccc2Cl)c(OC(=O)c2ccco2)c1. The second-order valence-electron chi connectivity index (χ2n) is 5.45. The Balaban J connectivity index is 1.88. The van der Waals surface area contributed by atoms with E-state index in [0.717, 1.165) is 0 Å². The summed E-state index contributed by atoms with van der Waals surface area (Å²) in [5.74, 6) is -0.506. The Bertz CT molecular complexity index is 990. The molecule has 0 saturated carbocycles. The molecule has 136 valence electrons. The third-order valence-electron chi connectivity index (χ3n) is 3.70. The molecule has 0 atom stereocenters. The van der Waals surface area contributed by atoms with Crippen LogP contribution < -0.4 is 9.47 Å². The third-order valence-corrected chi connectivity index (χ3v) is 4.04. The summed E-state index contributed by atoms with van der Waals surface area (Å²) in [6.07, 6.45) is 4.33. The molecule has 0 amide bonds. The monoisotopic (exact) mass is 382 g/mol. The Hall–Kier alpha value is -3.31. The van der Waals surface area contributed by atoms with E-state index in [-0.39, 0.29) is 22.9 Å². The van der Waals surface area contributed by atoms with E-state index in [2.05, 4.69) is 0 Å². The number of furan rings is 1. The number of esters is 1. The van der Waals surface area contributed by atoms with Crippen LogP contribution in [0, 0.1) is 0 Å². The molecule has 5 nitrogen and oxygen atoms in total. The maximum atomic E-state index is 12.6. The summed E-state index contributed by atoms with van der Waals surface area (Å²) in [5.41, 5.74) is 0.911. The van der Waals surface area contributed by atoms with Crippen molar-refractivity contribution in [2.24, 2.45) is 0 Å². The number of halogens is 1. The van der Waals surface area contributed by atoms with Crippen molar-refractivity contribution in [1.82, 2.24) is 0 Å². The highest BCUT2D eigenvalue weighted by atomic mass is 35.5. The molecule has 0 unspecified atom stereocenters. The Labute approximate surface area is 160 Å². The minimum Gasteiger partial charge on any atom is -0.497 e. The average Bonchev–Trinajstić information content (AvgIpc) is 3.22. The van der Waals surface area contributed by atoms with E-state index in [9.17, 15) is 9.59 Å². The molecular weight excluding hydrogens is 368 g/mol. The number of hydrogen-bond donors (Lipinski definition) is 0. The van der Waals surface area contributed by atoms with Gasteiger partial charge in [-0.1, -0.05) is 29.8 Å². The second kappa shape index (κ2) is 8.38. The van der Waals surface area contributed by atoms with Gasteiger partial charge in [0.15, 0.2) is 5.78 Å². The zero-order valence-electron chi connectivity index (χ0n) is 14.3. The van der Waals surface area contributed by atoms with Crippen LogP contribution in [0.1, 0.15) is 26.5 Å². The van der Waals surface area contributed by atoms with Crippen LogP contribution in [-0.2, 0) is 0 Å². The summed E-state index contributed by atoms with van der Waals surface area (Å²) >= 11 is 6.09. The Morgan fingerprint density at radius 1 is 1.07 bits per heavy atom. The van der Waals surface area contributed by atoms with Crippen LogP contribution in [-0.4, -0.2) is 18.9 Å². The molecule has 1 aromatic heterocycles. The first kappa shape index (κ1) is 18.5. The molecule has 0 fully saturated rings. The van der Waals surface area contributed by atoms with Crippen LogP contribution >= 0.6 is 11.6 Å². The Morgan fingerprint density at radius 2 is 1.89 bits per heavy atom. The quantitative estimate of drug-likeness (QED) is 0.258. The van der Waals surface area contributed by atoms with Crippen molar-refractivity contribution in [3.63, 3.8) is 0 Å². The molecule has 3 aromatic rings. The lowest BCUT2D eigenvalue weighted by Crippen LogP contribution is -2.10. The minimum absolute atomic E-state index is 0.0304. The molecule has 3 rings (SSSR count). The molecule has 2 aromatic carbocycles. The lowest BCUT2D eigenvalue weighted by Gasteiger charge is -2.09. The Kier molecular flexibility index (Phi) is 5.74. The summed E-state index contributed by atoms with van der Waals surface area (Å²) in [5, 5.41) is 0.528. The van der Waals surface area contributed by atoms with Crippen molar-refractivity contribution in [2.45, 2.75) is 0 Å². The van der Waals surface area contributed by atoms with E-state index in [4.69, 9.17) is 25.5 Å². The van der Waals surface area contributed by atoms with Crippen LogP contribution in [0.25, 0.3) is 6.08 Å². The van der Waals surface area contributed by atoms with Crippen molar-refractivity contribution in [3.05, 3.63) is 88.8 Å². The number of benzene rings is 2. The first-order chi connectivity index (χ1) is 13.1. The van der Waals surface area contributed by atoms with Gasteiger partial charge in [0, 0.05) is 11.1 Å². The number of hydrogen-bond acceptors (Lipinski definition) is 5. The van der Waals surface area contributed by atoms with Crippen molar-refractivity contribution in [1.29, 1.82) is 0 Å². The molecule has 27 heavy (non-hydrogen) atoms. The van der Waals surface area contributed by atoms with Gasteiger partial charge in [-0.05, 0) is 48.0 Å². The van der Waals surface area contributed by atoms with Crippen LogP contribution in [0.2, 0.25) is 5.02 Å². The number of carbonyl (C=O) groups excluding carboxylic acids is 2. The number of carbonyl (C=O) groups is 2. The van der Waals surface area contributed by atoms with Gasteiger partial charge in [0.2, 0.25) is 5.76 Å². The summed E-state index contributed by atoms with van der Waals surface area (Å²) in [7, 11) is 1.48. The molecule has 0 spiro atoms. The standard InChI is InChI=1S/C21H15ClO5/c1-25-15-9-10-16(18(23)11-8-14-5-2-3-6-17(14)22)20(13-15)27-21(24)19-7-4-12-26-19/h2-13H,1H3. The molecule has 0 saturated heterocycles. The molecule has 6 heteroatoms. The van der Waals surface area contributed by atoms with E-state index >= 15 is 0 Å². The average molecular weight is 383 g/mol. The number of ketones is 1. The zero-order chi connectivity index (χ0) is 19.2. The van der Waals surface area contributed by atoms with Gasteiger partial charge in [0.25, 0.3) is 0 Å². The van der Waals surface area contributed by atoms with Crippen LogP contribution in [0.3, 0.4) is 0 Å². The second-order valence-corrected chi connectivity index (χ2v) is 5.86. The van der Waals surface area contributed by atoms with Crippen molar-refractivity contribution in [3.8, 4) is 11.5 Å². The summed E-state index contributed by atoms with van der Waals surface area (Å²) in [6.45, 7) is 0. The van der Waals surface area contributed by atoms with Crippen molar-refractivity contribution < 1.29 is 23.5 Å². The summed E-state index contributed by atoms with van der Waals surface area (Å²) in [4.78, 5) is 24.8. The van der Waals surface area contributed by atoms with Crippen molar-refractivity contribution >= 4 is 29.4 Å². The Morgan fingerprint density at radius 3 is 2.59 bits per heavy atom. The van der Waals surface area contributed by atoms with Gasteiger partial charge >= 0.3 is 5.97 Å². The van der Waals surface area contributed by atoms with Crippen LogP contribution in [0.5, 0.6) is 11.5 Å². The largest absolute Gasteiger partial charge is 0.497 e. The van der Waals surface area contributed by atoms with Gasteiger partial charge in [-0.2, -0.15) is 0 Å². The predicted molar refractivity (Wildman–Crippen MR) is 101 cm³/mol. The zero-order valence-corrected chi connectivity index (χ0v) is 15.1. The maximum Gasteiger partial charge on any atom is 0.379 e. The first-order valence-corrected chi connectivity index (χ1v) is 8.37. The highest BCUT2D eigenvalue weighted by molar-refractivity contribution is 6.32. The van der Waals surface area contributed by atoms with Gasteiger partial charge in [-0.15, -0.1) is 0 Å². The van der Waals surface area contributed by atoms with Gasteiger partial charge in [0.05, 0.1) is 18.9 Å². The smallest absolute Gasteiger partial charge is 0.379 e. The predicted octanol–water partition coefficient (Wildman–Crippen LogP) is 5.06. The van der Waals surface area contributed by atoms with Gasteiger partial charge < -0.3 is 13.9 Å². The minimum atomic E-state index is -0.711. The van der Waals surface area contributed by atoms with Gasteiger partial charge in [-0.25, -0.2) is 4.79 Å². The fourth-order valence-electron chi connectivity index (χ4n) is 2.33. The van der Waals surface area contributed by atoms with Crippen LogP contribution in [0.4, 0.5) is 0 Å². The third kappa shape index (κ3) is 4.46. The van der Waals surface area contributed by atoms with E-state index in [0.29, 0.717) is 16.3 Å². The molecule has 0 aliphatic carbocycles. The lowest BCUT2D eigenvalue weighted by molar-refractivity contribution is 0.0699. The van der Waals surface area contributed by atoms with Crippen molar-refractivity contribution in [2.75, 3.05) is 7.11 Å². The molecule has 0 bridgehead atoms. The summed E-state index contributed by atoms with van der Waals surface area (Å²) in [6, 6.07) is 14.8. The lowest BCUT2D eigenvalue weighted by atomic mass is 10.1. The van der Waals surface area contributed by atoms with Crippen LogP contribution in [0.15, 0.2) is 71.4 Å². The molecule has 0 aliphatic heterocycles. The molecule has 0 N–H and O–H groups in total. The molecular formula is C21H15ClO5. The van der Waals surface area contributed by atoms with E-state index in [1.165, 1.54) is 37.6 Å². The summed E-state index contributed by atoms with van der Waals surface area (Å²) < 4.78 is 15.5. The van der Waals surface area contributed by atoms with E-state index in [1.54, 1.807) is 36.4 Å². The highest BCUT2D eigenvalue weighted by Gasteiger charge is 2.18. The molecule has 0 radical (unpaired) electrons. The number of rotatable bonds is 6. The number of ether oxygens (including phenoxy) is 2. The normalized spacial score (nSPS) is 10.7. The number of allylic oxidation sites excluding steroid dienone is 1. The highest BCUT2D eigenvalue weighted by Crippen LogP contribution is 2.27. The molecule has 0 aliphatic rings. The molecule has 1 heterocycles.